The Hall–Kier alpha value is -1.65. The van der Waals surface area contributed by atoms with Crippen LogP contribution in [0, 0.1) is 5.92 Å². The van der Waals surface area contributed by atoms with E-state index in [0.717, 1.165) is 5.69 Å². The Bertz CT molecular complexity index is 505. The van der Waals surface area contributed by atoms with Gasteiger partial charge in [-0.1, -0.05) is 26.0 Å². The second kappa shape index (κ2) is 6.68. The van der Waals surface area contributed by atoms with Crippen molar-refractivity contribution >= 4 is 0 Å². The molecule has 0 saturated carbocycles. The van der Waals surface area contributed by atoms with Crippen LogP contribution >= 0.6 is 0 Å². The van der Waals surface area contributed by atoms with Gasteiger partial charge in [0.15, 0.2) is 0 Å². The highest BCUT2D eigenvalue weighted by Crippen LogP contribution is 2.17. The molecular formula is C16H23N3O. The van der Waals surface area contributed by atoms with E-state index in [1.807, 2.05) is 10.8 Å². The quantitative estimate of drug-likeness (QED) is 0.850. The van der Waals surface area contributed by atoms with Gasteiger partial charge >= 0.3 is 0 Å². The number of imidazole rings is 1. The molecule has 0 saturated heterocycles. The van der Waals surface area contributed by atoms with Crippen LogP contribution in [0.5, 0.6) is 0 Å². The van der Waals surface area contributed by atoms with Crippen molar-refractivity contribution in [1.82, 2.24) is 14.9 Å². The molecule has 1 aromatic carbocycles. The predicted octanol–water partition coefficient (Wildman–Crippen LogP) is 2.54. The second-order valence-electron chi connectivity index (χ2n) is 5.48. The Kier molecular flexibility index (Phi) is 4.93. The summed E-state index contributed by atoms with van der Waals surface area (Å²) in [5, 5.41) is 12.9. The Morgan fingerprint density at radius 2 is 1.90 bits per heavy atom. The standard InChI is InChI=1S/C16H23N3O/c1-12(2)16(10-20)18-13(3)14-4-6-15(7-5-14)19-9-8-17-11-19/h4-9,11-13,16,18,20H,10H2,1-3H3/t13?,16-/m1/s1. The van der Waals surface area contributed by atoms with Gasteiger partial charge in [-0.25, -0.2) is 4.98 Å². The molecule has 2 aromatic rings. The molecule has 0 fully saturated rings. The molecule has 4 nitrogen and oxygen atoms in total. The van der Waals surface area contributed by atoms with Crippen LogP contribution in [0.1, 0.15) is 32.4 Å². The third-order valence-electron chi connectivity index (χ3n) is 3.66. The summed E-state index contributed by atoms with van der Waals surface area (Å²) in [5.41, 5.74) is 2.31. The highest BCUT2D eigenvalue weighted by atomic mass is 16.3. The Labute approximate surface area is 120 Å². The first-order valence-electron chi connectivity index (χ1n) is 7.07. The van der Waals surface area contributed by atoms with E-state index < -0.39 is 0 Å². The molecule has 0 aliphatic heterocycles. The topological polar surface area (TPSA) is 50.1 Å². The maximum absolute atomic E-state index is 9.39. The van der Waals surface area contributed by atoms with Crippen LogP contribution in [0.2, 0.25) is 0 Å². The zero-order chi connectivity index (χ0) is 14.5. The van der Waals surface area contributed by atoms with E-state index in [1.54, 1.807) is 12.5 Å². The molecule has 0 aliphatic rings. The van der Waals surface area contributed by atoms with Gasteiger partial charge in [0, 0.05) is 30.2 Å². The average Bonchev–Trinajstić information content (AvgIpc) is 2.98. The maximum Gasteiger partial charge on any atom is 0.0991 e. The first-order chi connectivity index (χ1) is 9.61. The van der Waals surface area contributed by atoms with E-state index in [2.05, 4.69) is 55.3 Å². The van der Waals surface area contributed by atoms with Gasteiger partial charge in [0.05, 0.1) is 12.9 Å². The second-order valence-corrected chi connectivity index (χ2v) is 5.48. The summed E-state index contributed by atoms with van der Waals surface area (Å²) in [6.45, 7) is 6.51. The highest BCUT2D eigenvalue weighted by molar-refractivity contribution is 5.35. The minimum Gasteiger partial charge on any atom is -0.395 e. The zero-order valence-corrected chi connectivity index (χ0v) is 12.3. The van der Waals surface area contributed by atoms with E-state index in [-0.39, 0.29) is 18.7 Å². The molecule has 2 atom stereocenters. The lowest BCUT2D eigenvalue weighted by Gasteiger charge is -2.25. The predicted molar refractivity (Wildman–Crippen MR) is 80.8 cm³/mol. The van der Waals surface area contributed by atoms with Crippen molar-refractivity contribution in [2.24, 2.45) is 5.92 Å². The molecule has 108 valence electrons. The monoisotopic (exact) mass is 273 g/mol. The fraction of sp³-hybridized carbons (Fsp3) is 0.438. The lowest BCUT2D eigenvalue weighted by molar-refractivity contribution is 0.201. The third-order valence-corrected chi connectivity index (χ3v) is 3.66. The number of aliphatic hydroxyl groups excluding tert-OH is 1. The number of aromatic nitrogens is 2. The molecule has 0 amide bonds. The number of aliphatic hydroxyl groups is 1. The third kappa shape index (κ3) is 3.46. The summed E-state index contributed by atoms with van der Waals surface area (Å²) in [5.74, 6) is 0.410. The molecule has 1 heterocycles. The summed E-state index contributed by atoms with van der Waals surface area (Å²) in [7, 11) is 0. The molecule has 4 heteroatoms. The van der Waals surface area contributed by atoms with Crippen molar-refractivity contribution in [2.45, 2.75) is 32.9 Å². The van der Waals surface area contributed by atoms with Crippen LogP contribution in [0.15, 0.2) is 43.0 Å². The molecule has 20 heavy (non-hydrogen) atoms. The highest BCUT2D eigenvalue weighted by Gasteiger charge is 2.15. The Balaban J connectivity index is 2.06. The maximum atomic E-state index is 9.39. The van der Waals surface area contributed by atoms with E-state index in [4.69, 9.17) is 0 Å². The summed E-state index contributed by atoms with van der Waals surface area (Å²) >= 11 is 0. The minimum absolute atomic E-state index is 0.123. The van der Waals surface area contributed by atoms with E-state index in [0.29, 0.717) is 5.92 Å². The average molecular weight is 273 g/mol. The van der Waals surface area contributed by atoms with Crippen molar-refractivity contribution in [1.29, 1.82) is 0 Å². The van der Waals surface area contributed by atoms with Gasteiger partial charge in [0.25, 0.3) is 0 Å². The molecule has 2 N–H and O–H groups in total. The van der Waals surface area contributed by atoms with Crippen LogP contribution in [-0.2, 0) is 0 Å². The van der Waals surface area contributed by atoms with Crippen LogP contribution in [0.4, 0.5) is 0 Å². The molecular weight excluding hydrogens is 250 g/mol. The largest absolute Gasteiger partial charge is 0.395 e. The van der Waals surface area contributed by atoms with Crippen molar-refractivity contribution in [3.8, 4) is 5.69 Å². The van der Waals surface area contributed by atoms with Crippen molar-refractivity contribution in [2.75, 3.05) is 6.61 Å². The number of nitrogens with one attached hydrogen (secondary N) is 1. The summed E-state index contributed by atoms with van der Waals surface area (Å²) in [4.78, 5) is 4.05. The molecule has 0 radical (unpaired) electrons. The minimum atomic E-state index is 0.123. The smallest absolute Gasteiger partial charge is 0.0991 e. The zero-order valence-electron chi connectivity index (χ0n) is 12.3. The molecule has 1 unspecified atom stereocenters. The van der Waals surface area contributed by atoms with Gasteiger partial charge < -0.3 is 15.0 Å². The van der Waals surface area contributed by atoms with Crippen LogP contribution < -0.4 is 5.32 Å². The number of nitrogens with zero attached hydrogens (tertiary/aromatic N) is 2. The van der Waals surface area contributed by atoms with Gasteiger partial charge in [0.1, 0.15) is 0 Å². The SMILES string of the molecule is CC(N[C@H](CO)C(C)C)c1ccc(-n2ccnc2)cc1. The van der Waals surface area contributed by atoms with Crippen LogP contribution in [0.3, 0.4) is 0 Å². The lowest BCUT2D eigenvalue weighted by Crippen LogP contribution is -2.38. The normalized spacial score (nSPS) is 14.4. The first kappa shape index (κ1) is 14.8. The fourth-order valence-corrected chi connectivity index (χ4v) is 2.22. The molecule has 0 aliphatic carbocycles. The van der Waals surface area contributed by atoms with Crippen molar-refractivity contribution in [3.63, 3.8) is 0 Å². The summed E-state index contributed by atoms with van der Waals surface area (Å²) in [6.07, 6.45) is 5.49. The summed E-state index contributed by atoms with van der Waals surface area (Å²) in [6, 6.07) is 8.73. The van der Waals surface area contributed by atoms with Crippen LogP contribution in [0.25, 0.3) is 5.69 Å². The number of hydrogen-bond donors (Lipinski definition) is 2. The van der Waals surface area contributed by atoms with Crippen molar-refractivity contribution in [3.05, 3.63) is 48.5 Å². The van der Waals surface area contributed by atoms with E-state index in [1.165, 1.54) is 5.56 Å². The van der Waals surface area contributed by atoms with Gasteiger partial charge in [0.2, 0.25) is 0 Å². The molecule has 1 aromatic heterocycles. The van der Waals surface area contributed by atoms with Gasteiger partial charge in [-0.3, -0.25) is 0 Å². The van der Waals surface area contributed by atoms with E-state index in [9.17, 15) is 5.11 Å². The fourth-order valence-electron chi connectivity index (χ4n) is 2.22. The number of hydrogen-bond acceptors (Lipinski definition) is 3. The van der Waals surface area contributed by atoms with Crippen LogP contribution in [-0.4, -0.2) is 27.3 Å². The summed E-state index contributed by atoms with van der Waals surface area (Å²) < 4.78 is 1.98. The Morgan fingerprint density at radius 3 is 2.40 bits per heavy atom. The first-order valence-corrected chi connectivity index (χ1v) is 7.07. The van der Waals surface area contributed by atoms with Gasteiger partial charge in [-0.15, -0.1) is 0 Å². The van der Waals surface area contributed by atoms with E-state index >= 15 is 0 Å². The van der Waals surface area contributed by atoms with Gasteiger partial charge in [-0.05, 0) is 30.5 Å². The number of rotatable bonds is 6. The van der Waals surface area contributed by atoms with Gasteiger partial charge in [-0.2, -0.15) is 0 Å². The molecule has 0 bridgehead atoms. The molecule has 0 spiro atoms. The number of benzene rings is 1. The lowest BCUT2D eigenvalue weighted by atomic mass is 10.0. The van der Waals surface area contributed by atoms with Crippen molar-refractivity contribution < 1.29 is 5.11 Å². The molecule has 2 rings (SSSR count). The Morgan fingerprint density at radius 1 is 1.20 bits per heavy atom.